The van der Waals surface area contributed by atoms with E-state index < -0.39 is 11.6 Å². The predicted octanol–water partition coefficient (Wildman–Crippen LogP) is 3.08. The second-order valence-corrected chi connectivity index (χ2v) is 4.76. The van der Waals surface area contributed by atoms with Crippen LogP contribution in [-0.2, 0) is 13.2 Å². The Hall–Kier alpha value is -1.95. The van der Waals surface area contributed by atoms with E-state index in [0.717, 1.165) is 6.20 Å². The highest BCUT2D eigenvalue weighted by Gasteiger charge is 2.13. The first-order chi connectivity index (χ1) is 9.93. The summed E-state index contributed by atoms with van der Waals surface area (Å²) in [6.07, 6.45) is 0.893. The van der Waals surface area contributed by atoms with Gasteiger partial charge in [0.05, 0.1) is 6.20 Å². The van der Waals surface area contributed by atoms with Gasteiger partial charge in [-0.1, -0.05) is 11.6 Å². The summed E-state index contributed by atoms with van der Waals surface area (Å²) in [5, 5.41) is -0.0787. The molecule has 21 heavy (non-hydrogen) atoms. The largest absolute Gasteiger partial charge is 0.485 e. The Balaban J connectivity index is 2.26. The highest BCUT2D eigenvalue weighted by molar-refractivity contribution is 6.31. The molecular formula is C14H13ClF2N2O2. The molecule has 2 aromatic rings. The monoisotopic (exact) mass is 314 g/mol. The van der Waals surface area contributed by atoms with E-state index in [-0.39, 0.29) is 28.6 Å². The van der Waals surface area contributed by atoms with Crippen LogP contribution in [0, 0.1) is 18.6 Å². The first kappa shape index (κ1) is 15.4. The number of ether oxygens (including phenoxy) is 1. The van der Waals surface area contributed by atoms with E-state index >= 15 is 0 Å². The van der Waals surface area contributed by atoms with Gasteiger partial charge in [-0.15, -0.1) is 0 Å². The molecule has 0 saturated carbocycles. The Morgan fingerprint density at radius 3 is 2.71 bits per heavy atom. The zero-order chi connectivity index (χ0) is 15.6. The van der Waals surface area contributed by atoms with Crippen molar-refractivity contribution in [1.82, 2.24) is 9.55 Å². The van der Waals surface area contributed by atoms with Crippen molar-refractivity contribution in [3.05, 3.63) is 56.7 Å². The number of halogens is 3. The minimum atomic E-state index is -0.815. The lowest BCUT2D eigenvalue weighted by Gasteiger charge is -2.12. The maximum atomic E-state index is 13.4. The molecule has 0 aliphatic rings. The molecule has 0 spiro atoms. The summed E-state index contributed by atoms with van der Waals surface area (Å²) in [5.41, 5.74) is 0.237. The molecule has 0 aliphatic heterocycles. The van der Waals surface area contributed by atoms with Crippen LogP contribution in [0.25, 0.3) is 0 Å². The number of aromatic nitrogens is 2. The maximum absolute atomic E-state index is 13.4. The van der Waals surface area contributed by atoms with Crippen molar-refractivity contribution < 1.29 is 13.5 Å². The van der Waals surface area contributed by atoms with Crippen LogP contribution < -0.4 is 10.3 Å². The molecule has 4 nitrogen and oxygen atoms in total. The normalized spacial score (nSPS) is 10.7. The summed E-state index contributed by atoms with van der Waals surface area (Å²) in [5.74, 6) is -1.44. The van der Waals surface area contributed by atoms with Crippen molar-refractivity contribution in [3.8, 4) is 5.75 Å². The van der Waals surface area contributed by atoms with Gasteiger partial charge in [0, 0.05) is 24.4 Å². The summed E-state index contributed by atoms with van der Waals surface area (Å²) in [6, 6.07) is 2.31. The van der Waals surface area contributed by atoms with E-state index in [1.54, 1.807) is 13.0 Å². The topological polar surface area (TPSA) is 44.1 Å². The van der Waals surface area contributed by atoms with Crippen molar-refractivity contribution >= 4 is 11.6 Å². The van der Waals surface area contributed by atoms with Crippen molar-refractivity contribution in [2.24, 2.45) is 0 Å². The molecule has 0 N–H and O–H groups in total. The van der Waals surface area contributed by atoms with Crippen LogP contribution >= 0.6 is 11.6 Å². The zero-order valence-corrected chi connectivity index (χ0v) is 12.2. The fourth-order valence-electron chi connectivity index (χ4n) is 1.91. The average Bonchev–Trinajstić information content (AvgIpc) is 2.43. The van der Waals surface area contributed by atoms with Crippen molar-refractivity contribution in [1.29, 1.82) is 0 Å². The third-order valence-electron chi connectivity index (χ3n) is 2.98. The predicted molar refractivity (Wildman–Crippen MR) is 74.6 cm³/mol. The lowest BCUT2D eigenvalue weighted by Crippen LogP contribution is -2.22. The van der Waals surface area contributed by atoms with Crippen molar-refractivity contribution in [2.75, 3.05) is 0 Å². The van der Waals surface area contributed by atoms with Crippen LogP contribution in [0.4, 0.5) is 8.78 Å². The lowest BCUT2D eigenvalue weighted by molar-refractivity contribution is 0.292. The van der Waals surface area contributed by atoms with Crippen LogP contribution in [0.15, 0.2) is 23.1 Å². The number of hydrogen-bond acceptors (Lipinski definition) is 3. The SMILES string of the molecule is CCn1c(C)cc(OCc2ncc(F)cc2F)c(Cl)c1=O. The molecule has 0 saturated heterocycles. The van der Waals surface area contributed by atoms with Crippen LogP contribution in [0.1, 0.15) is 18.3 Å². The zero-order valence-electron chi connectivity index (χ0n) is 11.5. The third-order valence-corrected chi connectivity index (χ3v) is 3.33. The molecule has 2 rings (SSSR count). The van der Waals surface area contributed by atoms with Gasteiger partial charge in [0.25, 0.3) is 5.56 Å². The summed E-state index contributed by atoms with van der Waals surface area (Å²) in [7, 11) is 0. The Bertz CT molecular complexity index is 732. The molecule has 2 heterocycles. The molecule has 0 amide bonds. The van der Waals surface area contributed by atoms with Gasteiger partial charge >= 0.3 is 0 Å². The molecule has 0 aliphatic carbocycles. The minimum Gasteiger partial charge on any atom is -0.485 e. The van der Waals surface area contributed by atoms with Crippen LogP contribution in [0.2, 0.25) is 5.02 Å². The second-order valence-electron chi connectivity index (χ2n) is 4.38. The van der Waals surface area contributed by atoms with Crippen LogP contribution in [-0.4, -0.2) is 9.55 Å². The van der Waals surface area contributed by atoms with E-state index in [9.17, 15) is 13.6 Å². The molecule has 2 aromatic heterocycles. The fourth-order valence-corrected chi connectivity index (χ4v) is 2.12. The molecule has 0 fully saturated rings. The van der Waals surface area contributed by atoms with E-state index in [4.69, 9.17) is 16.3 Å². The Morgan fingerprint density at radius 1 is 1.38 bits per heavy atom. The van der Waals surface area contributed by atoms with Crippen LogP contribution in [0.5, 0.6) is 5.75 Å². The van der Waals surface area contributed by atoms with Gasteiger partial charge in [0.2, 0.25) is 0 Å². The van der Waals surface area contributed by atoms with Gasteiger partial charge in [0.1, 0.15) is 28.9 Å². The number of nitrogens with zero attached hydrogens (tertiary/aromatic N) is 2. The smallest absolute Gasteiger partial charge is 0.273 e. The van der Waals surface area contributed by atoms with Crippen molar-refractivity contribution in [2.45, 2.75) is 27.0 Å². The molecular weight excluding hydrogens is 302 g/mol. The molecule has 0 atom stereocenters. The first-order valence-corrected chi connectivity index (χ1v) is 6.64. The van der Waals surface area contributed by atoms with Gasteiger partial charge in [-0.25, -0.2) is 8.78 Å². The van der Waals surface area contributed by atoms with E-state index in [2.05, 4.69) is 4.98 Å². The Labute approximate surface area is 125 Å². The van der Waals surface area contributed by atoms with Gasteiger partial charge in [-0.05, 0) is 13.8 Å². The van der Waals surface area contributed by atoms with Gasteiger partial charge in [-0.2, -0.15) is 0 Å². The van der Waals surface area contributed by atoms with E-state index in [0.29, 0.717) is 18.3 Å². The number of aryl methyl sites for hydroxylation is 1. The summed E-state index contributed by atoms with van der Waals surface area (Å²) in [6.45, 7) is 3.80. The molecule has 0 radical (unpaired) electrons. The summed E-state index contributed by atoms with van der Waals surface area (Å²) >= 11 is 5.95. The molecule has 0 unspecified atom stereocenters. The molecule has 0 aromatic carbocycles. The molecule has 7 heteroatoms. The summed E-state index contributed by atoms with van der Waals surface area (Å²) < 4.78 is 33.0. The Kier molecular flexibility index (Phi) is 4.57. The van der Waals surface area contributed by atoms with Gasteiger partial charge < -0.3 is 9.30 Å². The lowest BCUT2D eigenvalue weighted by atomic mass is 10.3. The van der Waals surface area contributed by atoms with Gasteiger partial charge in [-0.3, -0.25) is 9.78 Å². The van der Waals surface area contributed by atoms with Crippen molar-refractivity contribution in [3.63, 3.8) is 0 Å². The quantitative estimate of drug-likeness (QED) is 0.871. The van der Waals surface area contributed by atoms with E-state index in [1.165, 1.54) is 4.57 Å². The molecule has 0 bridgehead atoms. The number of pyridine rings is 2. The molecule has 112 valence electrons. The standard InChI is InChI=1S/C14H13ClF2N2O2/c1-3-19-8(2)4-12(13(15)14(19)20)21-7-11-10(17)5-9(16)6-18-11/h4-6H,3,7H2,1-2H3. The second kappa shape index (κ2) is 6.22. The number of rotatable bonds is 4. The van der Waals surface area contributed by atoms with Gasteiger partial charge in [0.15, 0.2) is 5.82 Å². The third kappa shape index (κ3) is 3.21. The Morgan fingerprint density at radius 2 is 2.10 bits per heavy atom. The first-order valence-electron chi connectivity index (χ1n) is 6.26. The highest BCUT2D eigenvalue weighted by atomic mass is 35.5. The summed E-state index contributed by atoms with van der Waals surface area (Å²) in [4.78, 5) is 15.6. The average molecular weight is 315 g/mol. The van der Waals surface area contributed by atoms with E-state index in [1.807, 2.05) is 6.92 Å². The highest BCUT2D eigenvalue weighted by Crippen LogP contribution is 2.23. The maximum Gasteiger partial charge on any atom is 0.273 e. The number of hydrogen-bond donors (Lipinski definition) is 0. The van der Waals surface area contributed by atoms with Crippen LogP contribution in [0.3, 0.4) is 0 Å². The fraction of sp³-hybridized carbons (Fsp3) is 0.286. The minimum absolute atomic E-state index is 0.0650.